The molecule has 0 N–H and O–H groups in total. The summed E-state index contributed by atoms with van der Waals surface area (Å²) in [6.07, 6.45) is 0. The van der Waals surface area contributed by atoms with E-state index in [1.165, 1.54) is 48.5 Å². The molecule has 0 aliphatic carbocycles. The first-order valence-electron chi connectivity index (χ1n) is 45.1. The normalized spacial score (nSPS) is 12.4. The number of hydrogen-bond donors (Lipinski definition) is 0. The lowest BCUT2D eigenvalue weighted by Crippen LogP contribution is -2.03. The van der Waals surface area contributed by atoms with Crippen molar-refractivity contribution in [1.29, 1.82) is 0 Å². The molecule has 132 heavy (non-hydrogen) atoms. The number of benzene rings is 18. The van der Waals surface area contributed by atoms with E-state index < -0.39 is 0 Å². The molecule has 0 amide bonds. The molecule has 14 nitrogen and oxygen atoms in total. The maximum absolute atomic E-state index is 5.33. The number of hydrogen-bond acceptors (Lipinski definition) is 2. The minimum atomic E-state index is 0.867. The van der Waals surface area contributed by atoms with Crippen molar-refractivity contribution in [3.8, 4) is 68.0 Å². The largest absolute Gasteiger partial charge is 0.295 e. The second-order valence-electron chi connectivity index (χ2n) is 34.9. The number of rotatable bonds is 11. The Morgan fingerprint density at radius 1 is 0.136 bits per heavy atom. The van der Waals surface area contributed by atoms with E-state index in [0.717, 1.165) is 207 Å². The maximum Gasteiger partial charge on any atom is 0.220 e. The van der Waals surface area contributed by atoms with Gasteiger partial charge in [-0.05, 0) is 223 Å². The van der Waals surface area contributed by atoms with Crippen molar-refractivity contribution in [2.24, 2.45) is 0 Å². The molecule has 0 bridgehead atoms. The van der Waals surface area contributed by atoms with Crippen molar-refractivity contribution in [2.45, 2.75) is 0 Å². The molecule has 12 heterocycles. The van der Waals surface area contributed by atoms with Crippen molar-refractivity contribution in [3.05, 3.63) is 437 Å². The Labute approximate surface area is 751 Å². The standard InChI is InChI=1S/C118H72N14/c1-5-31-75(32-6-1)121-95-49-19-14-44-86(95)111-92-72-84(62-66-101(92)126(115(111)121)80-40-30-42-82(70-80)130-105-56-26-28-58-107(105)132-103-54-24-18-48-94(103)120-118(130)132)128-98-52-22-15-45-87(98)110-90-67-73(60-64-99(90)122(114(110)128)76-33-7-2-8-34-76)74-59-63-89-108(68-74)124(78-37-11-4-12-38-78)113-109(89)85-43-13-20-50-96(85)127(113)83-61-65-100-91(71-83)112-88-46-16-21-51-97(88)125(116(112)123(100)77-35-9-3-10-36-77)79-39-29-41-81(69-79)129-104-55-25-27-57-106(104)131-102-53-23-17-47-93(102)119-117(129)131/h1-72H. The minimum absolute atomic E-state index is 0.867. The summed E-state index contributed by atoms with van der Waals surface area (Å²) in [6, 6.07) is 161. The highest BCUT2D eigenvalue weighted by atomic mass is 15.2. The monoisotopic (exact) mass is 1680 g/mol. The Bertz CT molecular complexity index is 10200. The molecule has 0 aliphatic rings. The molecule has 0 aliphatic heterocycles. The predicted molar refractivity (Wildman–Crippen MR) is 543 cm³/mol. The van der Waals surface area contributed by atoms with E-state index in [1.807, 2.05) is 0 Å². The SMILES string of the molecule is c1ccc(-n2c3ccccc3c3c4cc(-n5c6ccccc6c6c7cc(-c8ccc9c%10c%11ccccc%11n(-c%11ccc%12c(c%11)c%11c%13ccccc%13n(-c%13cccc(-n%14c%15ccccc%15n%15c%16ccccc%16nc%14%15)c%13)c%11n%12-c%11ccccc%11)c%10n(-c%10ccccc%10)c9c8)ccc7n(-c7ccccc7)c65)ccc4n(-c4cccc(-n5c6ccccc6n6c7ccccc7nc56)c4)c32)cc1. The van der Waals surface area contributed by atoms with Gasteiger partial charge in [0, 0.05) is 110 Å². The van der Waals surface area contributed by atoms with Crippen molar-refractivity contribution in [3.63, 3.8) is 0 Å². The highest BCUT2D eigenvalue weighted by Crippen LogP contribution is 2.50. The fourth-order valence-corrected chi connectivity index (χ4v) is 22.8. The van der Waals surface area contributed by atoms with Gasteiger partial charge in [-0.25, -0.2) is 9.97 Å². The highest BCUT2D eigenvalue weighted by molar-refractivity contribution is 6.28. The molecule has 0 atom stereocenters. The van der Waals surface area contributed by atoms with Gasteiger partial charge in [0.1, 0.15) is 22.6 Å². The zero-order chi connectivity index (χ0) is 85.8. The van der Waals surface area contributed by atoms with Crippen LogP contribution >= 0.6 is 0 Å². The second kappa shape index (κ2) is 26.7. The topological polar surface area (TPSA) is 83.9 Å². The summed E-state index contributed by atoms with van der Waals surface area (Å²) in [5.74, 6) is 1.74. The third kappa shape index (κ3) is 9.63. The van der Waals surface area contributed by atoms with E-state index >= 15 is 0 Å². The predicted octanol–water partition coefficient (Wildman–Crippen LogP) is 29.0. The summed E-state index contributed by atoms with van der Waals surface area (Å²) < 4.78 is 29.2. The lowest BCUT2D eigenvalue weighted by molar-refractivity contribution is 1.05. The van der Waals surface area contributed by atoms with Gasteiger partial charge in [0.15, 0.2) is 0 Å². The van der Waals surface area contributed by atoms with Crippen LogP contribution in [0.1, 0.15) is 0 Å². The van der Waals surface area contributed by atoms with Crippen LogP contribution in [-0.4, -0.2) is 64.4 Å². The third-order valence-corrected chi connectivity index (χ3v) is 28.1. The van der Waals surface area contributed by atoms with Crippen LogP contribution in [-0.2, 0) is 0 Å². The number of nitrogens with zero attached hydrogens (tertiary/aromatic N) is 14. The molecule has 30 rings (SSSR count). The van der Waals surface area contributed by atoms with Crippen molar-refractivity contribution in [1.82, 2.24) is 64.4 Å². The van der Waals surface area contributed by atoms with Crippen LogP contribution in [0.25, 0.3) is 255 Å². The van der Waals surface area contributed by atoms with Gasteiger partial charge in [0.25, 0.3) is 0 Å². The first-order valence-corrected chi connectivity index (χ1v) is 45.1. The number of fused-ring (bicyclic) bond motifs is 30. The summed E-state index contributed by atoms with van der Waals surface area (Å²) in [4.78, 5) is 10.6. The quantitative estimate of drug-likeness (QED) is 0.129. The van der Waals surface area contributed by atoms with Crippen LogP contribution in [0.4, 0.5) is 0 Å². The van der Waals surface area contributed by atoms with Crippen LogP contribution in [0, 0.1) is 0 Å². The Hall–Kier alpha value is -18.1. The average Bonchev–Trinajstić information content (AvgIpc) is 1.53. The Morgan fingerprint density at radius 3 is 0.773 bits per heavy atom. The van der Waals surface area contributed by atoms with E-state index in [4.69, 9.17) is 9.97 Å². The maximum atomic E-state index is 5.33. The second-order valence-corrected chi connectivity index (χ2v) is 34.9. The zero-order valence-electron chi connectivity index (χ0n) is 70.8. The molecule has 0 radical (unpaired) electrons. The fraction of sp³-hybridized carbons (Fsp3) is 0. The van der Waals surface area contributed by atoms with E-state index in [0.29, 0.717) is 0 Å². The smallest absolute Gasteiger partial charge is 0.220 e. The summed E-state index contributed by atoms with van der Waals surface area (Å²) in [6.45, 7) is 0. The zero-order valence-corrected chi connectivity index (χ0v) is 70.8. The van der Waals surface area contributed by atoms with E-state index in [-0.39, 0.29) is 0 Å². The molecule has 30 aromatic rings. The summed E-state index contributed by atoms with van der Waals surface area (Å²) in [5.41, 5.74) is 34.5. The molecule has 0 unspecified atom stereocenters. The first-order chi connectivity index (χ1) is 65.6. The van der Waals surface area contributed by atoms with Crippen LogP contribution in [0.15, 0.2) is 437 Å². The van der Waals surface area contributed by atoms with Crippen LogP contribution in [0.3, 0.4) is 0 Å². The minimum Gasteiger partial charge on any atom is -0.295 e. The lowest BCUT2D eigenvalue weighted by Gasteiger charge is -2.15. The van der Waals surface area contributed by atoms with Gasteiger partial charge < -0.3 is 0 Å². The number of imidazole rings is 4. The first kappa shape index (κ1) is 71.1. The Balaban J connectivity index is 0.609. The van der Waals surface area contributed by atoms with Gasteiger partial charge in [-0.2, -0.15) is 0 Å². The molecule has 12 aromatic heterocycles. The van der Waals surface area contributed by atoms with Gasteiger partial charge >= 0.3 is 0 Å². The van der Waals surface area contributed by atoms with E-state index in [1.54, 1.807) is 0 Å². The Kier molecular flexibility index (Phi) is 14.4. The molecule has 0 fully saturated rings. The average molecular weight is 1690 g/mol. The molecule has 0 spiro atoms. The van der Waals surface area contributed by atoms with Gasteiger partial charge in [0.2, 0.25) is 11.6 Å². The lowest BCUT2D eigenvalue weighted by atomic mass is 10.0. The van der Waals surface area contributed by atoms with E-state index in [9.17, 15) is 0 Å². The third-order valence-electron chi connectivity index (χ3n) is 28.1. The van der Waals surface area contributed by atoms with Gasteiger partial charge in [-0.1, -0.05) is 224 Å². The molecular formula is C118H72N14. The Morgan fingerprint density at radius 2 is 0.386 bits per heavy atom. The summed E-state index contributed by atoms with van der Waals surface area (Å²) in [7, 11) is 0. The van der Waals surface area contributed by atoms with Crippen LogP contribution in [0.5, 0.6) is 0 Å². The van der Waals surface area contributed by atoms with Gasteiger partial charge in [-0.3, -0.25) is 54.5 Å². The number of aromatic nitrogens is 14. The summed E-state index contributed by atoms with van der Waals surface area (Å²) >= 11 is 0. The van der Waals surface area contributed by atoms with Gasteiger partial charge in [0.05, 0.1) is 99.6 Å². The fourth-order valence-electron chi connectivity index (χ4n) is 22.8. The molecule has 18 aromatic carbocycles. The molecule has 614 valence electrons. The highest BCUT2D eigenvalue weighted by Gasteiger charge is 2.32. The molecule has 0 saturated carbocycles. The van der Waals surface area contributed by atoms with Crippen molar-refractivity contribution < 1.29 is 0 Å². The van der Waals surface area contributed by atoms with E-state index in [2.05, 4.69) is 491 Å². The number of para-hydroxylation sites is 16. The molecular weight excluding hydrogens is 1610 g/mol. The summed E-state index contributed by atoms with van der Waals surface area (Å²) in [5, 5.41) is 14.1. The van der Waals surface area contributed by atoms with Crippen molar-refractivity contribution in [2.75, 3.05) is 0 Å². The van der Waals surface area contributed by atoms with Crippen molar-refractivity contribution >= 4 is 187 Å². The van der Waals surface area contributed by atoms with Crippen LogP contribution < -0.4 is 0 Å². The molecule has 14 heteroatoms. The van der Waals surface area contributed by atoms with Crippen LogP contribution in [0.2, 0.25) is 0 Å². The molecule has 0 saturated heterocycles. The van der Waals surface area contributed by atoms with Gasteiger partial charge in [-0.15, -0.1) is 0 Å².